The molecule has 1 unspecified atom stereocenters. The molecular weight excluding hydrogens is 256 g/mol. The molecule has 0 saturated heterocycles. The van der Waals surface area contributed by atoms with Crippen LogP contribution in [0.2, 0.25) is 5.02 Å². The minimum Gasteiger partial charge on any atom is -0.398 e. The van der Waals surface area contributed by atoms with Crippen LogP contribution in [-0.2, 0) is 6.54 Å². The van der Waals surface area contributed by atoms with Gasteiger partial charge in [-0.05, 0) is 43.3 Å². The number of nitrogens with two attached hydrogens (primary N) is 1. The molecule has 0 aliphatic rings. The molecule has 0 bridgehead atoms. The first-order valence-corrected chi connectivity index (χ1v) is 6.75. The van der Waals surface area contributed by atoms with E-state index in [4.69, 9.17) is 17.3 Å². The Hall–Kier alpha value is -1.51. The van der Waals surface area contributed by atoms with E-state index in [1.54, 1.807) is 0 Å². The lowest BCUT2D eigenvalue weighted by molar-refractivity contribution is 0.253. The zero-order chi connectivity index (χ0) is 13.8. The van der Waals surface area contributed by atoms with Gasteiger partial charge in [0, 0.05) is 23.3 Å². The molecule has 100 valence electrons. The lowest BCUT2D eigenvalue weighted by Gasteiger charge is -2.25. The highest BCUT2D eigenvalue weighted by atomic mass is 35.5. The van der Waals surface area contributed by atoms with Gasteiger partial charge in [-0.3, -0.25) is 4.90 Å². The van der Waals surface area contributed by atoms with E-state index < -0.39 is 0 Å². The van der Waals surface area contributed by atoms with Crippen LogP contribution in [0.3, 0.4) is 0 Å². The van der Waals surface area contributed by atoms with Crippen molar-refractivity contribution in [3.8, 4) is 0 Å². The van der Waals surface area contributed by atoms with E-state index in [0.717, 1.165) is 22.8 Å². The number of nitrogens with zero attached hydrogens (tertiary/aromatic N) is 1. The number of nitrogen functional groups attached to an aromatic ring is 1. The normalized spacial score (nSPS) is 12.6. The molecule has 2 nitrogen and oxygen atoms in total. The molecule has 0 aliphatic heterocycles. The highest BCUT2D eigenvalue weighted by molar-refractivity contribution is 6.30. The standard InChI is InChI=1S/C16H19ClN2/c1-12(13-7-5-8-15(17)10-13)19(2)11-14-6-3-4-9-16(14)18/h3-10,12H,11,18H2,1-2H3. The molecule has 0 fully saturated rings. The van der Waals surface area contributed by atoms with Gasteiger partial charge in [-0.15, -0.1) is 0 Å². The van der Waals surface area contributed by atoms with Gasteiger partial charge in [-0.25, -0.2) is 0 Å². The van der Waals surface area contributed by atoms with Crippen molar-refractivity contribution in [2.24, 2.45) is 0 Å². The minimum absolute atomic E-state index is 0.290. The Balaban J connectivity index is 2.12. The Morgan fingerprint density at radius 3 is 2.58 bits per heavy atom. The average Bonchev–Trinajstić information content (AvgIpc) is 2.40. The van der Waals surface area contributed by atoms with E-state index in [2.05, 4.69) is 31.0 Å². The second-order valence-corrected chi connectivity index (χ2v) is 5.28. The van der Waals surface area contributed by atoms with Crippen LogP contribution in [0.1, 0.15) is 24.1 Å². The highest BCUT2D eigenvalue weighted by Gasteiger charge is 2.13. The van der Waals surface area contributed by atoms with E-state index >= 15 is 0 Å². The summed E-state index contributed by atoms with van der Waals surface area (Å²) >= 11 is 6.04. The van der Waals surface area contributed by atoms with Crippen molar-refractivity contribution in [3.05, 3.63) is 64.7 Å². The first-order chi connectivity index (χ1) is 9.08. The Labute approximate surface area is 119 Å². The van der Waals surface area contributed by atoms with Crippen molar-refractivity contribution in [2.45, 2.75) is 19.5 Å². The number of para-hydroxylation sites is 1. The predicted molar refractivity (Wildman–Crippen MR) is 82.2 cm³/mol. The van der Waals surface area contributed by atoms with Crippen LogP contribution in [0.5, 0.6) is 0 Å². The Kier molecular flexibility index (Phi) is 4.46. The van der Waals surface area contributed by atoms with Gasteiger partial charge >= 0.3 is 0 Å². The van der Waals surface area contributed by atoms with Crippen molar-refractivity contribution in [2.75, 3.05) is 12.8 Å². The Morgan fingerprint density at radius 1 is 1.16 bits per heavy atom. The summed E-state index contributed by atoms with van der Waals surface area (Å²) in [6.07, 6.45) is 0. The fourth-order valence-corrected chi connectivity index (χ4v) is 2.30. The van der Waals surface area contributed by atoms with Crippen molar-refractivity contribution in [3.63, 3.8) is 0 Å². The predicted octanol–water partition coefficient (Wildman–Crippen LogP) is 4.12. The number of hydrogen-bond acceptors (Lipinski definition) is 2. The minimum atomic E-state index is 0.290. The van der Waals surface area contributed by atoms with Gasteiger partial charge in [0.25, 0.3) is 0 Å². The van der Waals surface area contributed by atoms with E-state index in [9.17, 15) is 0 Å². The maximum Gasteiger partial charge on any atom is 0.0409 e. The third-order valence-corrected chi connectivity index (χ3v) is 3.70. The van der Waals surface area contributed by atoms with E-state index in [1.165, 1.54) is 5.56 Å². The zero-order valence-corrected chi connectivity index (χ0v) is 12.1. The first kappa shape index (κ1) is 13.9. The maximum absolute atomic E-state index is 6.04. The zero-order valence-electron chi connectivity index (χ0n) is 11.3. The van der Waals surface area contributed by atoms with Crippen LogP contribution < -0.4 is 5.73 Å². The van der Waals surface area contributed by atoms with Crippen LogP contribution >= 0.6 is 11.6 Å². The van der Waals surface area contributed by atoms with E-state index in [1.807, 2.05) is 36.4 Å². The van der Waals surface area contributed by atoms with Gasteiger partial charge in [0.15, 0.2) is 0 Å². The molecule has 3 heteroatoms. The SMILES string of the molecule is CC(c1cccc(Cl)c1)N(C)Cc1ccccc1N. The van der Waals surface area contributed by atoms with E-state index in [-0.39, 0.29) is 0 Å². The summed E-state index contributed by atoms with van der Waals surface area (Å²) in [7, 11) is 2.10. The molecular formula is C16H19ClN2. The lowest BCUT2D eigenvalue weighted by atomic mass is 10.1. The number of anilines is 1. The van der Waals surface area contributed by atoms with Crippen molar-refractivity contribution >= 4 is 17.3 Å². The van der Waals surface area contributed by atoms with Crippen molar-refractivity contribution in [1.82, 2.24) is 4.90 Å². The van der Waals surface area contributed by atoms with E-state index in [0.29, 0.717) is 6.04 Å². The van der Waals surface area contributed by atoms with Crippen LogP contribution in [0.15, 0.2) is 48.5 Å². The Bertz CT molecular complexity index is 554. The van der Waals surface area contributed by atoms with Gasteiger partial charge < -0.3 is 5.73 Å². The summed E-state index contributed by atoms with van der Waals surface area (Å²) in [5, 5.41) is 0.775. The number of rotatable bonds is 4. The third kappa shape index (κ3) is 3.49. The topological polar surface area (TPSA) is 29.3 Å². The number of halogens is 1. The molecule has 2 N–H and O–H groups in total. The van der Waals surface area contributed by atoms with Crippen LogP contribution in [0, 0.1) is 0 Å². The highest BCUT2D eigenvalue weighted by Crippen LogP contribution is 2.24. The Morgan fingerprint density at radius 2 is 1.89 bits per heavy atom. The first-order valence-electron chi connectivity index (χ1n) is 6.37. The average molecular weight is 275 g/mol. The molecule has 19 heavy (non-hydrogen) atoms. The molecule has 2 aromatic carbocycles. The summed E-state index contributed by atoms with van der Waals surface area (Å²) < 4.78 is 0. The second kappa shape index (κ2) is 6.09. The van der Waals surface area contributed by atoms with Gasteiger partial charge in [-0.2, -0.15) is 0 Å². The summed E-state index contributed by atoms with van der Waals surface area (Å²) in [5.74, 6) is 0. The summed E-state index contributed by atoms with van der Waals surface area (Å²) in [6.45, 7) is 2.99. The summed E-state index contributed by atoms with van der Waals surface area (Å²) in [4.78, 5) is 2.26. The molecule has 1 atom stereocenters. The molecule has 2 aromatic rings. The second-order valence-electron chi connectivity index (χ2n) is 4.84. The summed E-state index contributed by atoms with van der Waals surface area (Å²) in [6, 6.07) is 16.3. The molecule has 0 aliphatic carbocycles. The quantitative estimate of drug-likeness (QED) is 0.850. The van der Waals surface area contributed by atoms with Gasteiger partial charge in [0.2, 0.25) is 0 Å². The molecule has 2 rings (SSSR count). The molecule has 0 amide bonds. The largest absolute Gasteiger partial charge is 0.398 e. The monoisotopic (exact) mass is 274 g/mol. The molecule has 0 heterocycles. The smallest absolute Gasteiger partial charge is 0.0409 e. The maximum atomic E-state index is 6.04. The number of benzene rings is 2. The van der Waals surface area contributed by atoms with Crippen molar-refractivity contribution < 1.29 is 0 Å². The lowest BCUT2D eigenvalue weighted by Crippen LogP contribution is -2.22. The third-order valence-electron chi connectivity index (χ3n) is 3.47. The van der Waals surface area contributed by atoms with Gasteiger partial charge in [0.1, 0.15) is 0 Å². The fourth-order valence-electron chi connectivity index (χ4n) is 2.10. The summed E-state index contributed by atoms with van der Waals surface area (Å²) in [5.41, 5.74) is 9.19. The molecule has 0 radical (unpaired) electrons. The number of hydrogen-bond donors (Lipinski definition) is 1. The molecule has 0 saturated carbocycles. The van der Waals surface area contributed by atoms with Gasteiger partial charge in [0.05, 0.1) is 0 Å². The van der Waals surface area contributed by atoms with Gasteiger partial charge in [-0.1, -0.05) is 41.9 Å². The molecule has 0 spiro atoms. The van der Waals surface area contributed by atoms with Crippen LogP contribution in [0.4, 0.5) is 5.69 Å². The van der Waals surface area contributed by atoms with Crippen molar-refractivity contribution in [1.29, 1.82) is 0 Å². The molecule has 0 aromatic heterocycles. The fraction of sp³-hybridized carbons (Fsp3) is 0.250. The van der Waals surface area contributed by atoms with Crippen LogP contribution in [0.25, 0.3) is 0 Å². The van der Waals surface area contributed by atoms with Crippen LogP contribution in [-0.4, -0.2) is 11.9 Å².